The zero-order valence-corrected chi connectivity index (χ0v) is 13.8. The van der Waals surface area contributed by atoms with Crippen molar-refractivity contribution in [1.82, 2.24) is 4.90 Å². The van der Waals surface area contributed by atoms with E-state index in [9.17, 15) is 4.79 Å². The second-order valence-corrected chi connectivity index (χ2v) is 6.78. The van der Waals surface area contributed by atoms with Gasteiger partial charge in [-0.25, -0.2) is 4.79 Å². The maximum atomic E-state index is 12.1. The van der Waals surface area contributed by atoms with E-state index in [4.69, 9.17) is 15.2 Å². The first-order chi connectivity index (χ1) is 10.3. The Labute approximate surface area is 132 Å². The van der Waals surface area contributed by atoms with Crippen molar-refractivity contribution in [2.45, 2.75) is 38.8 Å². The smallest absolute Gasteiger partial charge is 0.410 e. The fraction of sp³-hybridized carbons (Fsp3) is 0.588. The fourth-order valence-corrected chi connectivity index (χ4v) is 2.69. The molecule has 1 aromatic rings. The van der Waals surface area contributed by atoms with Gasteiger partial charge in [-0.3, -0.25) is 0 Å². The molecule has 1 saturated heterocycles. The lowest BCUT2D eigenvalue weighted by molar-refractivity contribution is 0.0286. The molecule has 0 radical (unpaired) electrons. The molecule has 5 heteroatoms. The van der Waals surface area contributed by atoms with Crippen molar-refractivity contribution in [3.63, 3.8) is 0 Å². The number of benzene rings is 1. The van der Waals surface area contributed by atoms with Crippen molar-refractivity contribution >= 4 is 6.09 Å². The summed E-state index contributed by atoms with van der Waals surface area (Å²) >= 11 is 0. The van der Waals surface area contributed by atoms with Gasteiger partial charge in [0, 0.05) is 19.1 Å². The molecule has 0 aromatic heterocycles. The number of hydrogen-bond acceptors (Lipinski definition) is 4. The third kappa shape index (κ3) is 4.13. The molecule has 2 rings (SSSR count). The molecule has 2 N–H and O–H groups in total. The Kier molecular flexibility index (Phi) is 4.96. The van der Waals surface area contributed by atoms with Crippen molar-refractivity contribution in [2.75, 3.05) is 20.2 Å². The summed E-state index contributed by atoms with van der Waals surface area (Å²) < 4.78 is 10.7. The highest BCUT2D eigenvalue weighted by Crippen LogP contribution is 2.30. The number of nitrogens with two attached hydrogens (primary N) is 1. The van der Waals surface area contributed by atoms with Crippen LogP contribution in [0.5, 0.6) is 5.75 Å². The van der Waals surface area contributed by atoms with Crippen molar-refractivity contribution < 1.29 is 14.3 Å². The molecular weight excluding hydrogens is 280 g/mol. The summed E-state index contributed by atoms with van der Waals surface area (Å²) in [6.07, 6.45) is 0.630. The van der Waals surface area contributed by atoms with E-state index in [0.29, 0.717) is 13.1 Å². The third-order valence-corrected chi connectivity index (χ3v) is 3.86. The van der Waals surface area contributed by atoms with Crippen molar-refractivity contribution in [2.24, 2.45) is 11.7 Å². The molecule has 1 aliphatic rings. The second-order valence-electron chi connectivity index (χ2n) is 6.78. The molecule has 1 heterocycles. The molecule has 0 spiro atoms. The van der Waals surface area contributed by atoms with E-state index in [1.165, 1.54) is 0 Å². The van der Waals surface area contributed by atoms with E-state index in [1.807, 2.05) is 45.0 Å². The molecule has 22 heavy (non-hydrogen) atoms. The summed E-state index contributed by atoms with van der Waals surface area (Å²) in [6.45, 7) is 6.95. The van der Waals surface area contributed by atoms with Crippen LogP contribution >= 0.6 is 0 Å². The van der Waals surface area contributed by atoms with E-state index in [2.05, 4.69) is 0 Å². The first kappa shape index (κ1) is 16.6. The number of rotatable bonds is 3. The molecular formula is C17H26N2O3. The molecule has 1 aliphatic heterocycles. The lowest BCUT2D eigenvalue weighted by Crippen LogP contribution is -2.36. The van der Waals surface area contributed by atoms with Crippen molar-refractivity contribution in [3.05, 3.63) is 29.8 Å². The molecule has 1 fully saturated rings. The first-order valence-corrected chi connectivity index (χ1v) is 7.67. The number of likely N-dealkylation sites (tertiary alicyclic amines) is 1. The molecule has 5 nitrogen and oxygen atoms in total. The molecule has 0 saturated carbocycles. The van der Waals surface area contributed by atoms with E-state index in [-0.39, 0.29) is 18.1 Å². The summed E-state index contributed by atoms with van der Waals surface area (Å²) in [5.74, 6) is 1.04. The van der Waals surface area contributed by atoms with Gasteiger partial charge < -0.3 is 20.1 Å². The third-order valence-electron chi connectivity index (χ3n) is 3.86. The highest BCUT2D eigenvalue weighted by atomic mass is 16.6. The maximum Gasteiger partial charge on any atom is 0.410 e. The van der Waals surface area contributed by atoms with Gasteiger partial charge in [-0.05, 0) is 50.8 Å². The van der Waals surface area contributed by atoms with Gasteiger partial charge in [-0.1, -0.05) is 12.1 Å². The fourth-order valence-electron chi connectivity index (χ4n) is 2.69. The average molecular weight is 306 g/mol. The van der Waals surface area contributed by atoms with Crippen LogP contribution in [0.4, 0.5) is 4.79 Å². The van der Waals surface area contributed by atoms with Gasteiger partial charge in [-0.2, -0.15) is 0 Å². The van der Waals surface area contributed by atoms with Crippen LogP contribution in [0, 0.1) is 5.92 Å². The van der Waals surface area contributed by atoms with Gasteiger partial charge in [-0.15, -0.1) is 0 Å². The van der Waals surface area contributed by atoms with Crippen LogP contribution in [0.1, 0.15) is 38.8 Å². The van der Waals surface area contributed by atoms with Gasteiger partial charge in [0.05, 0.1) is 7.11 Å². The SMILES string of the molecule is COc1cccc(C(N)C2CCN(C(=O)OC(C)(C)C)C2)c1. The molecule has 0 aliphatic carbocycles. The minimum Gasteiger partial charge on any atom is -0.497 e. The van der Waals surface area contributed by atoms with E-state index in [0.717, 1.165) is 17.7 Å². The van der Waals surface area contributed by atoms with E-state index >= 15 is 0 Å². The normalized spacial score (nSPS) is 19.9. The summed E-state index contributed by atoms with van der Waals surface area (Å²) in [6, 6.07) is 7.69. The Hall–Kier alpha value is -1.75. The minimum atomic E-state index is -0.468. The summed E-state index contributed by atoms with van der Waals surface area (Å²) in [7, 11) is 1.64. The molecule has 122 valence electrons. The van der Waals surface area contributed by atoms with Crippen LogP contribution < -0.4 is 10.5 Å². The van der Waals surface area contributed by atoms with Crippen LogP contribution in [0.3, 0.4) is 0 Å². The monoisotopic (exact) mass is 306 g/mol. The lowest BCUT2D eigenvalue weighted by Gasteiger charge is -2.25. The van der Waals surface area contributed by atoms with E-state index in [1.54, 1.807) is 12.0 Å². The largest absolute Gasteiger partial charge is 0.497 e. The highest BCUT2D eigenvalue weighted by Gasteiger charge is 2.33. The topological polar surface area (TPSA) is 64.8 Å². The van der Waals surface area contributed by atoms with E-state index < -0.39 is 5.60 Å². The molecule has 1 amide bonds. The van der Waals surface area contributed by atoms with Crippen LogP contribution in [0.25, 0.3) is 0 Å². The number of carbonyl (C=O) groups is 1. The summed E-state index contributed by atoms with van der Waals surface area (Å²) in [5, 5.41) is 0. The standard InChI is InChI=1S/C17H26N2O3/c1-17(2,3)22-16(20)19-9-8-13(11-19)15(18)12-6-5-7-14(10-12)21-4/h5-7,10,13,15H,8-9,11,18H2,1-4H3. The zero-order chi connectivity index (χ0) is 16.3. The van der Waals surface area contributed by atoms with Gasteiger partial charge >= 0.3 is 6.09 Å². The molecule has 2 atom stereocenters. The Balaban J connectivity index is 1.98. The Morgan fingerprint density at radius 1 is 1.41 bits per heavy atom. The number of hydrogen-bond donors (Lipinski definition) is 1. The number of carbonyl (C=O) groups excluding carboxylic acids is 1. The number of ether oxygens (including phenoxy) is 2. The zero-order valence-electron chi connectivity index (χ0n) is 13.8. The van der Waals surface area contributed by atoms with Crippen molar-refractivity contribution in [3.8, 4) is 5.75 Å². The molecule has 2 unspecified atom stereocenters. The summed E-state index contributed by atoms with van der Waals surface area (Å²) in [4.78, 5) is 13.9. The van der Waals surface area contributed by atoms with Gasteiger partial charge in [0.1, 0.15) is 11.4 Å². The number of methoxy groups -OCH3 is 1. The quantitative estimate of drug-likeness (QED) is 0.932. The Morgan fingerprint density at radius 2 is 2.14 bits per heavy atom. The van der Waals surface area contributed by atoms with Crippen LogP contribution in [0.2, 0.25) is 0 Å². The first-order valence-electron chi connectivity index (χ1n) is 7.67. The summed E-state index contributed by atoms with van der Waals surface area (Å²) in [5.41, 5.74) is 6.95. The predicted octanol–water partition coefficient (Wildman–Crippen LogP) is 2.95. The Morgan fingerprint density at radius 3 is 2.77 bits per heavy atom. The number of nitrogens with zero attached hydrogens (tertiary/aromatic N) is 1. The lowest BCUT2D eigenvalue weighted by atomic mass is 9.93. The predicted molar refractivity (Wildman–Crippen MR) is 85.8 cm³/mol. The average Bonchev–Trinajstić information content (AvgIpc) is 2.94. The van der Waals surface area contributed by atoms with Crippen LogP contribution in [-0.4, -0.2) is 36.8 Å². The van der Waals surface area contributed by atoms with Crippen LogP contribution in [0.15, 0.2) is 24.3 Å². The second kappa shape index (κ2) is 6.57. The van der Waals surface area contributed by atoms with Gasteiger partial charge in [0.25, 0.3) is 0 Å². The number of amides is 1. The minimum absolute atomic E-state index is 0.109. The molecule has 1 aromatic carbocycles. The maximum absolute atomic E-state index is 12.1. The van der Waals surface area contributed by atoms with Gasteiger partial charge in [0.2, 0.25) is 0 Å². The van der Waals surface area contributed by atoms with Crippen LogP contribution in [-0.2, 0) is 4.74 Å². The molecule has 0 bridgehead atoms. The van der Waals surface area contributed by atoms with Gasteiger partial charge in [0.15, 0.2) is 0 Å². The van der Waals surface area contributed by atoms with Crippen molar-refractivity contribution in [1.29, 1.82) is 0 Å². The Bertz CT molecular complexity index is 525. The highest BCUT2D eigenvalue weighted by molar-refractivity contribution is 5.68.